The van der Waals surface area contributed by atoms with E-state index in [2.05, 4.69) is 15.1 Å². The van der Waals surface area contributed by atoms with Crippen LogP contribution in [0.3, 0.4) is 0 Å². The zero-order chi connectivity index (χ0) is 49.8. The molecule has 0 aromatic rings. The molecule has 69 heavy (non-hydrogen) atoms. The minimum atomic E-state index is -1.96. The minimum absolute atomic E-state index is 0.0184. The van der Waals surface area contributed by atoms with Gasteiger partial charge in [0.15, 0.2) is 28.8 Å². The van der Waals surface area contributed by atoms with Gasteiger partial charge in [0.1, 0.15) is 23.3 Å². The second-order valence-corrected chi connectivity index (χ2v) is 19.5. The second-order valence-electron chi connectivity index (χ2n) is 19.5. The first-order chi connectivity index (χ1) is 32.8. The fraction of sp³-hybridized carbons (Fsp3) is 0.549. The molecule has 3 aliphatic carbocycles. The van der Waals surface area contributed by atoms with Crippen molar-refractivity contribution >= 4 is 29.0 Å². The van der Waals surface area contributed by atoms with Crippen LogP contribution >= 0.6 is 0 Å². The molecule has 18 heteroatoms. The topological polar surface area (TPSA) is 240 Å². The molecule has 5 heterocycles. The molecule has 4 bridgehead atoms. The number of hydrogen-bond donors (Lipinski definition) is 5. The monoisotopic (exact) mass is 956 g/mol. The molecule has 0 saturated carbocycles. The van der Waals surface area contributed by atoms with Crippen molar-refractivity contribution in [2.45, 2.75) is 104 Å². The smallest absolute Gasteiger partial charge is 0.306 e. The predicted molar refractivity (Wildman–Crippen MR) is 251 cm³/mol. The number of methoxy groups -OCH3 is 1. The summed E-state index contributed by atoms with van der Waals surface area (Å²) in [4.78, 5) is 64.5. The lowest BCUT2D eigenvalue weighted by Gasteiger charge is -2.46. The molecule has 8 aliphatic rings. The first-order valence-electron chi connectivity index (χ1n) is 23.7. The van der Waals surface area contributed by atoms with Crippen LogP contribution in [-0.2, 0) is 38.1 Å². The Balaban J connectivity index is 1.25. The Morgan fingerprint density at radius 2 is 1.70 bits per heavy atom. The van der Waals surface area contributed by atoms with Gasteiger partial charge in [-0.15, -0.1) is 0 Å². The van der Waals surface area contributed by atoms with Crippen molar-refractivity contribution in [3.8, 4) is 11.5 Å². The quantitative estimate of drug-likeness (QED) is 0.259. The van der Waals surface area contributed by atoms with Gasteiger partial charge < -0.3 is 58.7 Å². The van der Waals surface area contributed by atoms with Crippen LogP contribution in [0.4, 0.5) is 5.69 Å². The summed E-state index contributed by atoms with van der Waals surface area (Å²) in [6.07, 6.45) is 4.59. The molecule has 372 valence electrons. The molecule has 0 aromatic heterocycles. The van der Waals surface area contributed by atoms with E-state index >= 15 is 0 Å². The van der Waals surface area contributed by atoms with Gasteiger partial charge in [-0.1, -0.05) is 45.9 Å². The predicted octanol–water partition coefficient (Wildman–Crippen LogP) is 4.78. The first-order valence-corrected chi connectivity index (χ1v) is 23.7. The van der Waals surface area contributed by atoms with Crippen molar-refractivity contribution in [1.82, 2.24) is 15.2 Å². The highest BCUT2D eigenvalue weighted by molar-refractivity contribution is 6.06. The van der Waals surface area contributed by atoms with Crippen molar-refractivity contribution in [3.05, 3.63) is 98.4 Å². The van der Waals surface area contributed by atoms with Gasteiger partial charge in [-0.3, -0.25) is 24.1 Å². The Bertz CT molecular complexity index is 2580. The number of Topliss-reactive ketones (excluding diaryl/α,β-unsaturated/α-hetero) is 1. The highest BCUT2D eigenvalue weighted by Crippen LogP contribution is 2.56. The molecule has 2 saturated heterocycles. The molecule has 0 aromatic carbocycles. The summed E-state index contributed by atoms with van der Waals surface area (Å²) in [5, 5.41) is 50.4. The summed E-state index contributed by atoms with van der Waals surface area (Å²) in [5.41, 5.74) is 0.0658. The Labute approximate surface area is 400 Å². The number of amides is 1. The number of hydrogen-bond acceptors (Lipinski definition) is 17. The third-order valence-corrected chi connectivity index (χ3v) is 14.8. The zero-order valence-corrected chi connectivity index (χ0v) is 40.6. The van der Waals surface area contributed by atoms with Gasteiger partial charge in [0.2, 0.25) is 5.43 Å². The van der Waals surface area contributed by atoms with Crippen molar-refractivity contribution < 1.29 is 62.9 Å². The van der Waals surface area contributed by atoms with Crippen molar-refractivity contribution in [2.24, 2.45) is 29.6 Å². The summed E-state index contributed by atoms with van der Waals surface area (Å²) in [5.74, 6) is -10.2. The van der Waals surface area contributed by atoms with E-state index in [0.717, 1.165) is 26.1 Å². The van der Waals surface area contributed by atoms with Crippen LogP contribution in [0.2, 0.25) is 0 Å². The molecular weight excluding hydrogens is 893 g/mol. The molecule has 0 radical (unpaired) electrons. The van der Waals surface area contributed by atoms with Gasteiger partial charge in [0.05, 0.1) is 54.3 Å². The van der Waals surface area contributed by atoms with E-state index in [9.17, 15) is 39.6 Å². The molecule has 18 nitrogen and oxygen atoms in total. The number of aromatic nitrogens is 1. The highest BCUT2D eigenvalue weighted by atomic mass is 16.7. The van der Waals surface area contributed by atoms with E-state index in [0.29, 0.717) is 25.4 Å². The van der Waals surface area contributed by atoms with E-state index in [-0.39, 0.29) is 57.1 Å². The molecule has 2 unspecified atom stereocenters. The molecule has 5 N–H and O–H groups in total. The van der Waals surface area contributed by atoms with Crippen LogP contribution in [-0.4, -0.2) is 131 Å². The maximum Gasteiger partial charge on any atom is 0.306 e. The number of fused-ring (bicyclic) bond motifs is 2. The van der Waals surface area contributed by atoms with E-state index in [1.807, 2.05) is 0 Å². The van der Waals surface area contributed by atoms with Gasteiger partial charge in [-0.05, 0) is 26.3 Å². The number of carbonyl (C=O) groups excluding carboxylic acids is 3. The van der Waals surface area contributed by atoms with Crippen LogP contribution in [0, 0.1) is 29.6 Å². The van der Waals surface area contributed by atoms with Crippen molar-refractivity contribution in [3.63, 3.8) is 0 Å². The molecule has 0 spiro atoms. The number of allylic oxidation sites excluding steroid dienone is 5. The Kier molecular flexibility index (Phi) is 14.1. The van der Waals surface area contributed by atoms with E-state index < -0.39 is 100 Å². The number of ether oxygens (including phenoxy) is 5. The SMILES string of the molecule is CO[C@H]1/C=C/O[C@@]2(C)OC3=C(C)C(=O)C4C(O)=C(NC(=O)/C(C)=C\C=C\[C@H](C)[C@H](O)[C@@H](C)[C@@H](O)[C@@H](C)[C@H](OC(C)=O)[C@@H]1C)c1oc5cc(N6CC(N7CCCOCC7)C6)cc(=O)c-5nc1C4C3=C2O. The van der Waals surface area contributed by atoms with Gasteiger partial charge in [-0.2, -0.15) is 0 Å². The number of nitrogens with zero attached hydrogens (tertiary/aromatic N) is 3. The number of ketones is 1. The fourth-order valence-electron chi connectivity index (χ4n) is 10.5. The van der Waals surface area contributed by atoms with Crippen LogP contribution in [0.1, 0.15) is 79.2 Å². The normalized spacial score (nSPS) is 34.8. The average Bonchev–Trinajstić information content (AvgIpc) is 3.42. The lowest BCUT2D eigenvalue weighted by Crippen LogP contribution is -2.60. The maximum atomic E-state index is 14.5. The number of carbonyl (C=O) groups is 3. The van der Waals surface area contributed by atoms with Crippen molar-refractivity contribution in [2.75, 3.05) is 51.4 Å². The average molecular weight is 957 g/mol. The number of aliphatic hydroxyl groups is 4. The van der Waals surface area contributed by atoms with Crippen molar-refractivity contribution in [1.29, 1.82) is 0 Å². The Hall–Kier alpha value is -5.79. The van der Waals surface area contributed by atoms with E-state index in [4.69, 9.17) is 33.1 Å². The lowest BCUT2D eigenvalue weighted by atomic mass is 9.69. The Morgan fingerprint density at radius 1 is 0.957 bits per heavy atom. The number of anilines is 1. The minimum Gasteiger partial charge on any atom is -0.509 e. The third-order valence-electron chi connectivity index (χ3n) is 14.8. The number of aliphatic hydroxyl groups excluding tert-OH is 4. The molecule has 1 amide bonds. The Morgan fingerprint density at radius 3 is 2.41 bits per heavy atom. The number of benzene rings is 1. The number of esters is 1. The summed E-state index contributed by atoms with van der Waals surface area (Å²) >= 11 is 0. The van der Waals surface area contributed by atoms with Crippen LogP contribution in [0.5, 0.6) is 0 Å². The maximum absolute atomic E-state index is 14.5. The molecule has 2 fully saturated rings. The van der Waals surface area contributed by atoms with Gasteiger partial charge in [0, 0.05) is 112 Å². The van der Waals surface area contributed by atoms with Gasteiger partial charge in [-0.25, -0.2) is 4.98 Å². The van der Waals surface area contributed by atoms with Gasteiger partial charge in [0.25, 0.3) is 5.91 Å². The van der Waals surface area contributed by atoms with E-state index in [1.54, 1.807) is 45.9 Å². The second kappa shape index (κ2) is 19.5. The zero-order valence-electron chi connectivity index (χ0n) is 40.6. The number of rotatable bonds is 4. The lowest BCUT2D eigenvalue weighted by molar-refractivity contribution is -0.160. The third kappa shape index (κ3) is 9.13. The van der Waals surface area contributed by atoms with Crippen LogP contribution in [0.25, 0.3) is 17.2 Å². The van der Waals surface area contributed by atoms with Crippen LogP contribution < -0.4 is 15.6 Å². The summed E-state index contributed by atoms with van der Waals surface area (Å²) in [6.45, 7) is 17.1. The summed E-state index contributed by atoms with van der Waals surface area (Å²) in [6, 6.07) is 3.45. The molecule has 5 aliphatic heterocycles. The van der Waals surface area contributed by atoms with E-state index in [1.165, 1.54) is 59.3 Å². The largest absolute Gasteiger partial charge is 0.509 e. The van der Waals surface area contributed by atoms with Crippen LogP contribution in [0.15, 0.2) is 85.9 Å². The highest BCUT2D eigenvalue weighted by Gasteiger charge is 2.58. The number of nitrogens with one attached hydrogen (secondary N) is 1. The molecule has 8 rings (SSSR count). The molecular formula is C51H64N4O14. The van der Waals surface area contributed by atoms with Gasteiger partial charge >= 0.3 is 11.8 Å². The first kappa shape index (κ1) is 49.6. The molecule has 11 atom stereocenters. The summed E-state index contributed by atoms with van der Waals surface area (Å²) in [7, 11) is 1.45. The summed E-state index contributed by atoms with van der Waals surface area (Å²) < 4.78 is 36.3. The standard InChI is InChI=1S/C51H64N4O14/c1-24-12-10-13-25(2)50(63)53-41-45(61)37-36(40-48(41)68-35-21-31(20-33(57)39(35)52-40)55-22-32(23-55)54-15-11-17-65-19-16-54)38-47(29(6)44(37)60)69-51(8,49(38)62)66-18-14-34(64-9)26(3)46(67-30(7)56)28(5)43(59)27(4)42(24)58/h10,12-14,18,20-21,24,26-28,32,34,36-37,42-43,46,58-59,61-62H,11,15-17,19,22-23H2,1-9H3,(H,53,63)/b12-10+,18-14+,25-13-/t24-,26+,27+,28+,34-,36?,37?,42-,43+,46+,51-/m0/s1. The fourth-order valence-corrected chi connectivity index (χ4v) is 10.5.